The Balaban J connectivity index is 2.33. The average Bonchev–Trinajstić information content (AvgIpc) is 2.71. The second kappa shape index (κ2) is 3.63. The Bertz CT molecular complexity index is 664. The maximum absolute atomic E-state index is 11.2. The van der Waals surface area contributed by atoms with Crippen molar-refractivity contribution in [3.63, 3.8) is 0 Å². The molecule has 0 saturated carbocycles. The standard InChI is InChI=1S/C14H14N2O2/c1-16-5-4-10-9-3-2-8(14(15)18)6-11(9)13(17)7-12(10)16/h2-3,6-7,17H,4-5H2,1H3,(H2,15,18). The van der Waals surface area contributed by atoms with Gasteiger partial charge in [0.15, 0.2) is 0 Å². The monoisotopic (exact) mass is 242 g/mol. The fourth-order valence-electron chi connectivity index (χ4n) is 2.61. The molecular formula is C14H14N2O2. The number of carbonyl (C=O) groups excluding carboxylic acids is 1. The topological polar surface area (TPSA) is 66.6 Å². The van der Waals surface area contributed by atoms with Gasteiger partial charge in [-0.15, -0.1) is 0 Å². The van der Waals surface area contributed by atoms with Crippen LogP contribution in [0.15, 0.2) is 24.3 Å². The number of anilines is 1. The first-order valence-corrected chi connectivity index (χ1v) is 5.87. The lowest BCUT2D eigenvalue weighted by molar-refractivity contribution is 0.100. The molecule has 0 bridgehead atoms. The van der Waals surface area contributed by atoms with Crippen molar-refractivity contribution in [1.82, 2.24) is 0 Å². The summed E-state index contributed by atoms with van der Waals surface area (Å²) < 4.78 is 0. The predicted molar refractivity (Wildman–Crippen MR) is 71.1 cm³/mol. The average molecular weight is 242 g/mol. The van der Waals surface area contributed by atoms with Gasteiger partial charge in [0.05, 0.1) is 0 Å². The third-order valence-corrected chi connectivity index (χ3v) is 3.60. The Kier molecular flexibility index (Phi) is 2.20. The van der Waals surface area contributed by atoms with Crippen LogP contribution in [0.2, 0.25) is 0 Å². The number of benzene rings is 2. The Morgan fingerprint density at radius 2 is 2.11 bits per heavy atom. The van der Waals surface area contributed by atoms with Gasteiger partial charge in [-0.3, -0.25) is 4.79 Å². The molecule has 4 nitrogen and oxygen atoms in total. The van der Waals surface area contributed by atoms with Crippen molar-refractivity contribution in [2.75, 3.05) is 18.5 Å². The van der Waals surface area contributed by atoms with Crippen LogP contribution in [0, 0.1) is 0 Å². The number of hydrogen-bond acceptors (Lipinski definition) is 3. The quantitative estimate of drug-likeness (QED) is 0.798. The third kappa shape index (κ3) is 1.42. The van der Waals surface area contributed by atoms with Crippen molar-refractivity contribution >= 4 is 22.4 Å². The Labute approximate surface area is 105 Å². The fraction of sp³-hybridized carbons (Fsp3) is 0.214. The molecule has 3 N–H and O–H groups in total. The number of likely N-dealkylation sites (N-methyl/N-ethyl adjacent to an activating group) is 1. The summed E-state index contributed by atoms with van der Waals surface area (Å²) >= 11 is 0. The molecule has 1 aliphatic heterocycles. The minimum Gasteiger partial charge on any atom is -0.507 e. The van der Waals surface area contributed by atoms with Crippen molar-refractivity contribution in [3.05, 3.63) is 35.4 Å². The highest BCUT2D eigenvalue weighted by molar-refractivity contribution is 6.02. The normalized spacial score (nSPS) is 13.9. The highest BCUT2D eigenvalue weighted by Gasteiger charge is 2.20. The fourth-order valence-corrected chi connectivity index (χ4v) is 2.61. The van der Waals surface area contributed by atoms with Crippen molar-refractivity contribution in [2.45, 2.75) is 6.42 Å². The van der Waals surface area contributed by atoms with Gasteiger partial charge in [-0.2, -0.15) is 0 Å². The molecule has 2 aromatic rings. The maximum Gasteiger partial charge on any atom is 0.248 e. The highest BCUT2D eigenvalue weighted by atomic mass is 16.3. The van der Waals surface area contributed by atoms with E-state index in [4.69, 9.17) is 5.73 Å². The van der Waals surface area contributed by atoms with E-state index in [1.54, 1.807) is 18.2 Å². The molecule has 0 aliphatic carbocycles. The molecule has 18 heavy (non-hydrogen) atoms. The number of phenolic OH excluding ortho intramolecular Hbond substituents is 1. The van der Waals surface area contributed by atoms with Gasteiger partial charge < -0.3 is 15.7 Å². The lowest BCUT2D eigenvalue weighted by Gasteiger charge is -2.14. The zero-order valence-corrected chi connectivity index (χ0v) is 10.1. The van der Waals surface area contributed by atoms with Gasteiger partial charge >= 0.3 is 0 Å². The van der Waals surface area contributed by atoms with Crippen LogP contribution >= 0.6 is 0 Å². The zero-order valence-electron chi connectivity index (χ0n) is 10.1. The number of amides is 1. The van der Waals surface area contributed by atoms with Gasteiger partial charge in [-0.1, -0.05) is 6.07 Å². The van der Waals surface area contributed by atoms with Crippen LogP contribution in [-0.4, -0.2) is 24.6 Å². The van der Waals surface area contributed by atoms with E-state index in [1.807, 2.05) is 13.1 Å². The van der Waals surface area contributed by atoms with Gasteiger partial charge in [-0.05, 0) is 29.5 Å². The number of nitrogens with zero attached hydrogens (tertiary/aromatic N) is 1. The smallest absolute Gasteiger partial charge is 0.248 e. The molecule has 0 fully saturated rings. The Hall–Kier alpha value is -2.23. The van der Waals surface area contributed by atoms with Crippen molar-refractivity contribution < 1.29 is 9.90 Å². The van der Waals surface area contributed by atoms with Crippen molar-refractivity contribution in [1.29, 1.82) is 0 Å². The molecule has 0 spiro atoms. The summed E-state index contributed by atoms with van der Waals surface area (Å²) in [6.45, 7) is 0.950. The van der Waals surface area contributed by atoms with E-state index in [2.05, 4.69) is 4.90 Å². The zero-order chi connectivity index (χ0) is 12.9. The van der Waals surface area contributed by atoms with E-state index in [1.165, 1.54) is 5.56 Å². The third-order valence-electron chi connectivity index (χ3n) is 3.60. The molecule has 1 amide bonds. The van der Waals surface area contributed by atoms with Crippen LogP contribution in [0.5, 0.6) is 5.75 Å². The van der Waals surface area contributed by atoms with E-state index in [0.29, 0.717) is 10.9 Å². The van der Waals surface area contributed by atoms with Gasteiger partial charge in [0.1, 0.15) is 5.75 Å². The van der Waals surface area contributed by atoms with Gasteiger partial charge in [0.25, 0.3) is 0 Å². The first-order valence-electron chi connectivity index (χ1n) is 5.87. The second-order valence-corrected chi connectivity index (χ2v) is 4.69. The molecule has 1 heterocycles. The summed E-state index contributed by atoms with van der Waals surface area (Å²) in [5.74, 6) is -0.283. The van der Waals surface area contributed by atoms with Gasteiger partial charge in [-0.25, -0.2) is 0 Å². The lowest BCUT2D eigenvalue weighted by atomic mass is 9.99. The SMILES string of the molecule is CN1CCc2c1cc(O)c1cc(C(N)=O)ccc21. The summed E-state index contributed by atoms with van der Waals surface area (Å²) in [5.41, 5.74) is 7.97. The summed E-state index contributed by atoms with van der Waals surface area (Å²) in [6.07, 6.45) is 0.957. The van der Waals surface area contributed by atoms with E-state index in [-0.39, 0.29) is 5.75 Å². The second-order valence-electron chi connectivity index (χ2n) is 4.69. The van der Waals surface area contributed by atoms with Gasteiger partial charge in [0.2, 0.25) is 5.91 Å². The molecule has 1 aliphatic rings. The van der Waals surface area contributed by atoms with Crippen LogP contribution in [0.1, 0.15) is 15.9 Å². The van der Waals surface area contributed by atoms with Crippen LogP contribution in [-0.2, 0) is 6.42 Å². The molecule has 0 aromatic heterocycles. The number of aromatic hydroxyl groups is 1. The number of carbonyl (C=O) groups is 1. The van der Waals surface area contributed by atoms with E-state index in [0.717, 1.165) is 24.0 Å². The van der Waals surface area contributed by atoms with Crippen LogP contribution < -0.4 is 10.6 Å². The summed E-state index contributed by atoms with van der Waals surface area (Å²) in [4.78, 5) is 13.3. The molecule has 2 aromatic carbocycles. The molecule has 4 heteroatoms. The molecule has 3 rings (SSSR count). The lowest BCUT2D eigenvalue weighted by Crippen LogP contribution is -2.12. The number of rotatable bonds is 1. The number of nitrogens with two attached hydrogens (primary N) is 1. The van der Waals surface area contributed by atoms with Crippen LogP contribution in [0.4, 0.5) is 5.69 Å². The van der Waals surface area contributed by atoms with E-state index >= 15 is 0 Å². The molecule has 92 valence electrons. The Morgan fingerprint density at radius 3 is 2.83 bits per heavy atom. The van der Waals surface area contributed by atoms with Crippen LogP contribution in [0.25, 0.3) is 10.8 Å². The number of fused-ring (bicyclic) bond motifs is 3. The molecule has 0 saturated heterocycles. The molecular weight excluding hydrogens is 228 g/mol. The maximum atomic E-state index is 11.2. The predicted octanol–water partition coefficient (Wildman–Crippen LogP) is 1.64. The molecule has 0 unspecified atom stereocenters. The molecule has 0 atom stereocenters. The van der Waals surface area contributed by atoms with Crippen molar-refractivity contribution in [2.24, 2.45) is 5.73 Å². The Morgan fingerprint density at radius 1 is 1.33 bits per heavy atom. The largest absolute Gasteiger partial charge is 0.507 e. The molecule has 0 radical (unpaired) electrons. The first-order chi connectivity index (χ1) is 8.58. The number of primary amides is 1. The first kappa shape index (κ1) is 10.9. The summed E-state index contributed by atoms with van der Waals surface area (Å²) in [5, 5.41) is 11.8. The summed E-state index contributed by atoms with van der Waals surface area (Å²) in [6, 6.07) is 7.00. The summed E-state index contributed by atoms with van der Waals surface area (Å²) in [7, 11) is 2.01. The van der Waals surface area contributed by atoms with Crippen LogP contribution in [0.3, 0.4) is 0 Å². The number of phenols is 1. The minimum absolute atomic E-state index is 0.195. The van der Waals surface area contributed by atoms with E-state index in [9.17, 15) is 9.90 Å². The number of hydrogen-bond donors (Lipinski definition) is 2. The highest BCUT2D eigenvalue weighted by Crippen LogP contribution is 2.39. The van der Waals surface area contributed by atoms with Crippen molar-refractivity contribution in [3.8, 4) is 5.75 Å². The van der Waals surface area contributed by atoms with Gasteiger partial charge in [0, 0.05) is 36.3 Å². The minimum atomic E-state index is -0.478. The van der Waals surface area contributed by atoms with E-state index < -0.39 is 5.91 Å².